The smallest absolute Gasteiger partial charge is 0.317 e. The first-order valence-electron chi connectivity index (χ1n) is 10.5. The Morgan fingerprint density at radius 3 is 2.86 bits per heavy atom. The number of hydrogen-bond donors (Lipinski definition) is 1. The van der Waals surface area contributed by atoms with Crippen molar-refractivity contribution in [2.45, 2.75) is 51.2 Å². The Hall–Kier alpha value is -2.27. The molecular formula is C23H32N4O. The van der Waals surface area contributed by atoms with Crippen molar-refractivity contribution in [1.29, 1.82) is 0 Å². The third-order valence-electron chi connectivity index (χ3n) is 6.63. The second kappa shape index (κ2) is 7.63. The van der Waals surface area contributed by atoms with Gasteiger partial charge < -0.3 is 19.7 Å². The maximum absolute atomic E-state index is 12.6. The second-order valence-corrected chi connectivity index (χ2v) is 8.21. The van der Waals surface area contributed by atoms with Crippen molar-refractivity contribution in [3.05, 3.63) is 48.2 Å². The lowest BCUT2D eigenvalue weighted by molar-refractivity contribution is 0.124. The zero-order valence-corrected chi connectivity index (χ0v) is 17.3. The first-order chi connectivity index (χ1) is 13.6. The zero-order valence-electron chi connectivity index (χ0n) is 17.3. The molecule has 0 unspecified atom stereocenters. The van der Waals surface area contributed by atoms with Crippen LogP contribution in [-0.2, 0) is 13.0 Å². The first kappa shape index (κ1) is 19.1. The molecule has 1 aliphatic carbocycles. The third kappa shape index (κ3) is 3.12. The van der Waals surface area contributed by atoms with Crippen LogP contribution in [0.25, 0.3) is 10.9 Å². The predicted octanol–water partition coefficient (Wildman–Crippen LogP) is 3.59. The maximum Gasteiger partial charge on any atom is 0.317 e. The van der Waals surface area contributed by atoms with Gasteiger partial charge in [0.05, 0.1) is 0 Å². The molecule has 5 nitrogen and oxygen atoms in total. The third-order valence-corrected chi connectivity index (χ3v) is 6.63. The molecule has 1 aliphatic heterocycles. The number of carbonyl (C=O) groups excluding carboxylic acids is 1. The number of allylic oxidation sites excluding steroid dienone is 1. The molecule has 2 aromatic rings. The fraction of sp³-hybridized carbons (Fsp3) is 0.522. The summed E-state index contributed by atoms with van der Waals surface area (Å²) in [6.07, 6.45) is 6.36. The van der Waals surface area contributed by atoms with E-state index in [1.807, 2.05) is 24.8 Å². The number of carbonyl (C=O) groups is 1. The van der Waals surface area contributed by atoms with Crippen LogP contribution in [0.4, 0.5) is 4.79 Å². The quantitative estimate of drug-likeness (QED) is 0.806. The van der Waals surface area contributed by atoms with Gasteiger partial charge in [-0.3, -0.25) is 0 Å². The largest absolute Gasteiger partial charge is 0.343 e. The van der Waals surface area contributed by atoms with Crippen molar-refractivity contribution in [2.24, 2.45) is 0 Å². The number of rotatable bonds is 5. The van der Waals surface area contributed by atoms with Crippen molar-refractivity contribution in [1.82, 2.24) is 19.7 Å². The van der Waals surface area contributed by atoms with Crippen molar-refractivity contribution in [2.75, 3.05) is 26.7 Å². The summed E-state index contributed by atoms with van der Waals surface area (Å²) in [7, 11) is 2.21. The molecule has 2 aliphatic rings. The average molecular weight is 381 g/mol. The van der Waals surface area contributed by atoms with E-state index in [0.29, 0.717) is 12.0 Å². The lowest BCUT2D eigenvalue weighted by atomic mass is 9.74. The number of piperidine rings is 1. The van der Waals surface area contributed by atoms with Gasteiger partial charge in [-0.2, -0.15) is 0 Å². The molecule has 1 fully saturated rings. The fourth-order valence-corrected chi connectivity index (χ4v) is 5.29. The Morgan fingerprint density at radius 2 is 2.14 bits per heavy atom. The molecule has 1 aromatic heterocycles. The number of nitrogens with one attached hydrogen (secondary N) is 1. The Morgan fingerprint density at radius 1 is 1.36 bits per heavy atom. The summed E-state index contributed by atoms with van der Waals surface area (Å²) >= 11 is 0. The lowest BCUT2D eigenvalue weighted by Crippen LogP contribution is -2.56. The molecule has 2 amide bonds. The summed E-state index contributed by atoms with van der Waals surface area (Å²) in [6.45, 7) is 11.2. The van der Waals surface area contributed by atoms with Gasteiger partial charge in [0.25, 0.3) is 0 Å². The molecule has 1 N–H and O–H groups in total. The highest BCUT2D eigenvalue weighted by Gasteiger charge is 2.40. The van der Waals surface area contributed by atoms with E-state index >= 15 is 0 Å². The molecule has 1 aromatic carbocycles. The van der Waals surface area contributed by atoms with Crippen LogP contribution in [0.3, 0.4) is 0 Å². The van der Waals surface area contributed by atoms with Gasteiger partial charge in [0.15, 0.2) is 0 Å². The number of amides is 2. The number of likely N-dealkylation sites (tertiary alicyclic amines) is 1. The summed E-state index contributed by atoms with van der Waals surface area (Å²) in [5.74, 6) is 0.455. The lowest BCUT2D eigenvalue weighted by Gasteiger charge is -2.45. The molecule has 28 heavy (non-hydrogen) atoms. The highest BCUT2D eigenvalue weighted by Crippen LogP contribution is 2.43. The molecular weight excluding hydrogens is 348 g/mol. The Labute approximate surface area is 168 Å². The van der Waals surface area contributed by atoms with Crippen molar-refractivity contribution in [3.63, 3.8) is 0 Å². The number of hydrogen-bond acceptors (Lipinski definition) is 2. The van der Waals surface area contributed by atoms with E-state index in [-0.39, 0.29) is 12.1 Å². The number of urea groups is 1. The first-order valence-corrected chi connectivity index (χ1v) is 10.5. The molecule has 150 valence electrons. The standard InChI is InChI=1S/C23H32N4O/c1-5-11-27-14-16-12-21-19(18-9-8-10-20(27)22(16)18)13-17(15-25(21)4)24-23(28)26(6-2)7-3/h5,8-10,14,17,19,21H,1,6-7,11-13,15H2,2-4H3,(H,24,28)/t17-,19-,21-/m0/s1. The van der Waals surface area contributed by atoms with E-state index < -0.39 is 0 Å². The van der Waals surface area contributed by atoms with Crippen LogP contribution in [0.2, 0.25) is 0 Å². The van der Waals surface area contributed by atoms with Crippen LogP contribution in [0.15, 0.2) is 37.1 Å². The van der Waals surface area contributed by atoms with Gasteiger partial charge in [0, 0.05) is 61.3 Å². The van der Waals surface area contributed by atoms with E-state index in [2.05, 4.69) is 52.8 Å². The van der Waals surface area contributed by atoms with Crippen molar-refractivity contribution >= 4 is 16.9 Å². The van der Waals surface area contributed by atoms with E-state index in [4.69, 9.17) is 0 Å². The molecule has 4 rings (SSSR count). The van der Waals surface area contributed by atoms with Crippen molar-refractivity contribution in [3.8, 4) is 0 Å². The van der Waals surface area contributed by atoms with Crippen molar-refractivity contribution < 1.29 is 4.79 Å². The molecule has 2 heterocycles. The number of aromatic nitrogens is 1. The predicted molar refractivity (Wildman–Crippen MR) is 115 cm³/mol. The van der Waals surface area contributed by atoms with E-state index in [0.717, 1.165) is 39.0 Å². The Bertz CT molecular complexity index is 882. The molecule has 0 radical (unpaired) electrons. The topological polar surface area (TPSA) is 40.5 Å². The average Bonchev–Trinajstić information content (AvgIpc) is 3.03. The number of fused-ring (bicyclic) bond motifs is 2. The summed E-state index contributed by atoms with van der Waals surface area (Å²) in [5.41, 5.74) is 4.20. The monoisotopic (exact) mass is 380 g/mol. The number of likely N-dealkylation sites (N-methyl/N-ethyl adjacent to an activating group) is 1. The van der Waals surface area contributed by atoms with Crippen LogP contribution in [-0.4, -0.2) is 59.2 Å². The van der Waals surface area contributed by atoms with Crippen LogP contribution in [0, 0.1) is 0 Å². The maximum atomic E-state index is 12.6. The van der Waals surface area contributed by atoms with Gasteiger partial charge >= 0.3 is 6.03 Å². The molecule has 0 saturated carbocycles. The molecule has 0 bridgehead atoms. The molecule has 1 saturated heterocycles. The van der Waals surface area contributed by atoms with Gasteiger partial charge in [-0.25, -0.2) is 4.79 Å². The summed E-state index contributed by atoms with van der Waals surface area (Å²) in [6, 6.07) is 7.45. The summed E-state index contributed by atoms with van der Waals surface area (Å²) in [4.78, 5) is 16.9. The second-order valence-electron chi connectivity index (χ2n) is 8.21. The molecule has 0 spiro atoms. The van der Waals surface area contributed by atoms with E-state index in [9.17, 15) is 4.79 Å². The Balaban J connectivity index is 1.64. The van der Waals surface area contributed by atoms with Gasteiger partial charge in [-0.15, -0.1) is 6.58 Å². The van der Waals surface area contributed by atoms with Gasteiger partial charge in [0.2, 0.25) is 0 Å². The minimum atomic E-state index is 0.0636. The summed E-state index contributed by atoms with van der Waals surface area (Å²) in [5, 5.41) is 4.72. The van der Waals surface area contributed by atoms with E-state index in [1.165, 1.54) is 22.0 Å². The van der Waals surface area contributed by atoms with Gasteiger partial charge in [0.1, 0.15) is 0 Å². The normalized spacial score (nSPS) is 24.0. The molecule has 3 atom stereocenters. The zero-order chi connectivity index (χ0) is 19.8. The van der Waals surface area contributed by atoms with Gasteiger partial charge in [-0.1, -0.05) is 18.2 Å². The van der Waals surface area contributed by atoms with Crippen LogP contribution < -0.4 is 5.32 Å². The molecule has 5 heteroatoms. The van der Waals surface area contributed by atoms with Crippen LogP contribution in [0.5, 0.6) is 0 Å². The Kier molecular flexibility index (Phi) is 5.19. The number of nitrogens with zero attached hydrogens (tertiary/aromatic N) is 3. The summed E-state index contributed by atoms with van der Waals surface area (Å²) < 4.78 is 2.32. The highest BCUT2D eigenvalue weighted by atomic mass is 16.2. The van der Waals surface area contributed by atoms with E-state index in [1.54, 1.807) is 0 Å². The minimum Gasteiger partial charge on any atom is -0.343 e. The number of benzene rings is 1. The fourth-order valence-electron chi connectivity index (χ4n) is 5.29. The van der Waals surface area contributed by atoms with Crippen LogP contribution in [0.1, 0.15) is 37.3 Å². The minimum absolute atomic E-state index is 0.0636. The highest BCUT2D eigenvalue weighted by molar-refractivity contribution is 5.89. The van der Waals surface area contributed by atoms with Crippen LogP contribution >= 0.6 is 0 Å². The SMILES string of the molecule is C=CCn1cc2c3c(cccc31)[C@@H]1C[C@H](NC(=O)N(CC)CC)CN(C)[C@H]1C2. The van der Waals surface area contributed by atoms with Gasteiger partial charge in [-0.05, 0) is 50.9 Å².